The standard InChI is InChI=1S/C14H24O2/c1-5-16-14(13(15)9-11(2)3)8-6-7-12(4)10-14/h12H,2,5-10H2,1,3-4H3. The predicted octanol–water partition coefficient (Wildman–Crippen LogP) is 3.51. The van der Waals surface area contributed by atoms with Gasteiger partial charge in [-0.1, -0.05) is 25.5 Å². The van der Waals surface area contributed by atoms with Gasteiger partial charge >= 0.3 is 0 Å². The highest BCUT2D eigenvalue weighted by Gasteiger charge is 2.41. The van der Waals surface area contributed by atoms with Gasteiger partial charge in [-0.3, -0.25) is 4.79 Å². The van der Waals surface area contributed by atoms with Crippen LogP contribution in [0.2, 0.25) is 0 Å². The van der Waals surface area contributed by atoms with E-state index < -0.39 is 5.60 Å². The number of ketones is 1. The first kappa shape index (κ1) is 13.4. The van der Waals surface area contributed by atoms with Crippen molar-refractivity contribution in [1.29, 1.82) is 0 Å². The Kier molecular flexibility index (Phi) is 4.72. The smallest absolute Gasteiger partial charge is 0.168 e. The van der Waals surface area contributed by atoms with E-state index in [2.05, 4.69) is 13.5 Å². The maximum Gasteiger partial charge on any atom is 0.168 e. The van der Waals surface area contributed by atoms with Gasteiger partial charge in [0.2, 0.25) is 0 Å². The molecule has 0 spiro atoms. The van der Waals surface area contributed by atoms with Crippen LogP contribution >= 0.6 is 0 Å². The number of carbonyl (C=O) groups excluding carboxylic acids is 1. The maximum absolute atomic E-state index is 12.3. The highest BCUT2D eigenvalue weighted by atomic mass is 16.5. The highest BCUT2D eigenvalue weighted by Crippen LogP contribution is 2.37. The van der Waals surface area contributed by atoms with Gasteiger partial charge < -0.3 is 4.74 Å². The van der Waals surface area contributed by atoms with Crippen molar-refractivity contribution in [3.8, 4) is 0 Å². The molecule has 0 aromatic rings. The molecule has 2 nitrogen and oxygen atoms in total. The summed E-state index contributed by atoms with van der Waals surface area (Å²) in [7, 11) is 0. The largest absolute Gasteiger partial charge is 0.367 e. The third-order valence-electron chi connectivity index (χ3n) is 3.35. The predicted molar refractivity (Wildman–Crippen MR) is 66.4 cm³/mol. The SMILES string of the molecule is C=C(C)CC(=O)C1(OCC)CCCC(C)C1. The van der Waals surface area contributed by atoms with E-state index in [9.17, 15) is 4.79 Å². The van der Waals surface area contributed by atoms with E-state index >= 15 is 0 Å². The molecule has 0 heterocycles. The molecule has 1 rings (SSSR count). The van der Waals surface area contributed by atoms with E-state index in [4.69, 9.17) is 4.74 Å². The number of Topliss-reactive ketones (excluding diaryl/α,β-unsaturated/α-hetero) is 1. The van der Waals surface area contributed by atoms with Crippen LogP contribution < -0.4 is 0 Å². The summed E-state index contributed by atoms with van der Waals surface area (Å²) in [5, 5.41) is 0. The normalized spacial score (nSPS) is 30.1. The van der Waals surface area contributed by atoms with Gasteiger partial charge in [0, 0.05) is 13.0 Å². The van der Waals surface area contributed by atoms with Gasteiger partial charge in [-0.15, -0.1) is 0 Å². The first-order valence-corrected chi connectivity index (χ1v) is 6.32. The molecule has 0 aromatic carbocycles. The molecule has 0 saturated heterocycles. The molecule has 16 heavy (non-hydrogen) atoms. The molecule has 0 aromatic heterocycles. The van der Waals surface area contributed by atoms with E-state index in [-0.39, 0.29) is 5.78 Å². The lowest BCUT2D eigenvalue weighted by molar-refractivity contribution is -0.150. The number of carbonyl (C=O) groups is 1. The zero-order valence-electron chi connectivity index (χ0n) is 10.8. The first-order chi connectivity index (χ1) is 7.50. The molecule has 1 saturated carbocycles. The Balaban J connectivity index is 2.78. The summed E-state index contributed by atoms with van der Waals surface area (Å²) >= 11 is 0. The zero-order chi connectivity index (χ0) is 12.2. The van der Waals surface area contributed by atoms with Crippen molar-refractivity contribution in [1.82, 2.24) is 0 Å². The van der Waals surface area contributed by atoms with Crippen LogP contribution in [0.5, 0.6) is 0 Å². The van der Waals surface area contributed by atoms with Crippen LogP contribution in [0.15, 0.2) is 12.2 Å². The lowest BCUT2D eigenvalue weighted by Crippen LogP contribution is -2.45. The molecule has 2 atom stereocenters. The lowest BCUT2D eigenvalue weighted by Gasteiger charge is -2.38. The molecule has 0 N–H and O–H groups in total. The van der Waals surface area contributed by atoms with E-state index in [0.29, 0.717) is 18.9 Å². The van der Waals surface area contributed by atoms with E-state index in [1.807, 2.05) is 13.8 Å². The molecule has 1 fully saturated rings. The number of rotatable bonds is 5. The Morgan fingerprint density at radius 1 is 1.56 bits per heavy atom. The molecule has 0 amide bonds. The summed E-state index contributed by atoms with van der Waals surface area (Å²) in [6.07, 6.45) is 4.55. The average molecular weight is 224 g/mol. The highest BCUT2D eigenvalue weighted by molar-refractivity contribution is 5.89. The van der Waals surface area contributed by atoms with Crippen LogP contribution in [0.25, 0.3) is 0 Å². The van der Waals surface area contributed by atoms with Gasteiger partial charge in [0.15, 0.2) is 5.78 Å². The molecule has 0 bridgehead atoms. The molecular formula is C14H24O2. The number of ether oxygens (including phenoxy) is 1. The fourth-order valence-corrected chi connectivity index (χ4v) is 2.68. The van der Waals surface area contributed by atoms with Gasteiger partial charge in [0.1, 0.15) is 5.60 Å². The Hall–Kier alpha value is -0.630. The van der Waals surface area contributed by atoms with Crippen LogP contribution in [-0.2, 0) is 9.53 Å². The van der Waals surface area contributed by atoms with Crippen molar-refractivity contribution >= 4 is 5.78 Å². The number of hydrogen-bond donors (Lipinski definition) is 0. The molecule has 2 heteroatoms. The summed E-state index contributed by atoms with van der Waals surface area (Å²) in [5.74, 6) is 0.822. The number of allylic oxidation sites excluding steroid dienone is 1. The summed E-state index contributed by atoms with van der Waals surface area (Å²) in [6.45, 7) is 10.5. The van der Waals surface area contributed by atoms with Gasteiger partial charge in [-0.25, -0.2) is 0 Å². The van der Waals surface area contributed by atoms with E-state index in [1.165, 1.54) is 6.42 Å². The van der Waals surface area contributed by atoms with Crippen LogP contribution in [0.3, 0.4) is 0 Å². The number of hydrogen-bond acceptors (Lipinski definition) is 2. The Morgan fingerprint density at radius 2 is 2.25 bits per heavy atom. The maximum atomic E-state index is 12.3. The molecule has 1 aliphatic carbocycles. The molecule has 92 valence electrons. The first-order valence-electron chi connectivity index (χ1n) is 6.32. The quantitative estimate of drug-likeness (QED) is 0.668. The average Bonchev–Trinajstić information content (AvgIpc) is 2.17. The van der Waals surface area contributed by atoms with E-state index in [0.717, 1.165) is 24.8 Å². The Morgan fingerprint density at radius 3 is 2.75 bits per heavy atom. The lowest BCUT2D eigenvalue weighted by atomic mass is 9.75. The molecule has 0 radical (unpaired) electrons. The minimum atomic E-state index is -0.509. The Labute approximate surface area is 99.1 Å². The van der Waals surface area contributed by atoms with Crippen molar-refractivity contribution in [2.24, 2.45) is 5.92 Å². The van der Waals surface area contributed by atoms with E-state index in [1.54, 1.807) is 0 Å². The van der Waals surface area contributed by atoms with Crippen molar-refractivity contribution in [2.75, 3.05) is 6.61 Å². The fourth-order valence-electron chi connectivity index (χ4n) is 2.68. The second-order valence-corrected chi connectivity index (χ2v) is 5.19. The van der Waals surface area contributed by atoms with Crippen LogP contribution in [0, 0.1) is 5.92 Å². The molecule has 0 aliphatic heterocycles. The Bertz CT molecular complexity index is 266. The third-order valence-corrected chi connectivity index (χ3v) is 3.35. The molecular weight excluding hydrogens is 200 g/mol. The van der Waals surface area contributed by atoms with Crippen molar-refractivity contribution in [3.63, 3.8) is 0 Å². The minimum absolute atomic E-state index is 0.230. The van der Waals surface area contributed by atoms with Crippen molar-refractivity contribution < 1.29 is 9.53 Å². The van der Waals surface area contributed by atoms with Crippen LogP contribution in [-0.4, -0.2) is 18.0 Å². The summed E-state index contributed by atoms with van der Waals surface area (Å²) in [6, 6.07) is 0. The second-order valence-electron chi connectivity index (χ2n) is 5.19. The van der Waals surface area contributed by atoms with Gasteiger partial charge in [-0.05, 0) is 39.0 Å². The topological polar surface area (TPSA) is 26.3 Å². The van der Waals surface area contributed by atoms with Crippen LogP contribution in [0.4, 0.5) is 0 Å². The molecule has 1 aliphatic rings. The summed E-state index contributed by atoms with van der Waals surface area (Å²) in [4.78, 5) is 12.3. The minimum Gasteiger partial charge on any atom is -0.367 e. The van der Waals surface area contributed by atoms with Gasteiger partial charge in [-0.2, -0.15) is 0 Å². The fraction of sp³-hybridized carbons (Fsp3) is 0.786. The van der Waals surface area contributed by atoms with Crippen molar-refractivity contribution in [2.45, 2.75) is 58.5 Å². The summed E-state index contributed by atoms with van der Waals surface area (Å²) < 4.78 is 5.81. The van der Waals surface area contributed by atoms with Gasteiger partial charge in [0.05, 0.1) is 0 Å². The van der Waals surface area contributed by atoms with Crippen molar-refractivity contribution in [3.05, 3.63) is 12.2 Å². The second kappa shape index (κ2) is 5.62. The van der Waals surface area contributed by atoms with Gasteiger partial charge in [0.25, 0.3) is 0 Å². The zero-order valence-corrected chi connectivity index (χ0v) is 10.8. The summed E-state index contributed by atoms with van der Waals surface area (Å²) in [5.41, 5.74) is 0.424. The third kappa shape index (κ3) is 3.18. The molecule has 2 unspecified atom stereocenters. The van der Waals surface area contributed by atoms with Crippen LogP contribution in [0.1, 0.15) is 52.9 Å². The monoisotopic (exact) mass is 224 g/mol.